The highest BCUT2D eigenvalue weighted by Gasteiger charge is 2.11. The second-order valence-corrected chi connectivity index (χ2v) is 5.54. The summed E-state index contributed by atoms with van der Waals surface area (Å²) in [6.45, 7) is 6.49. The number of hydrogen-bond donors (Lipinski definition) is 2. The Bertz CT molecular complexity index is 283. The molecule has 0 saturated heterocycles. The van der Waals surface area contributed by atoms with Crippen LogP contribution in [0.15, 0.2) is 0 Å². The molecule has 5 nitrogen and oxygen atoms in total. The number of nitrogens with one attached hydrogen (secondary N) is 2. The van der Waals surface area contributed by atoms with E-state index in [-0.39, 0.29) is 0 Å². The van der Waals surface area contributed by atoms with Crippen molar-refractivity contribution >= 4 is 11.8 Å². The van der Waals surface area contributed by atoms with Gasteiger partial charge in [0.1, 0.15) is 0 Å². The Labute approximate surface area is 135 Å². The third kappa shape index (κ3) is 13.9. The van der Waals surface area contributed by atoms with Crippen LogP contribution in [0.4, 0.5) is 0 Å². The van der Waals surface area contributed by atoms with Crippen molar-refractivity contribution in [2.75, 3.05) is 26.3 Å². The second kappa shape index (κ2) is 16.3. The number of carbonyl (C=O) groups excluding carboxylic acids is 2. The number of ether oxygens (including phenoxy) is 1. The maximum absolute atomic E-state index is 11.5. The van der Waals surface area contributed by atoms with E-state index >= 15 is 0 Å². The molecule has 0 aromatic carbocycles. The van der Waals surface area contributed by atoms with Gasteiger partial charge in [0.05, 0.1) is 0 Å². The predicted octanol–water partition coefficient (Wildman–Crippen LogP) is 2.79. The normalized spacial score (nSPS) is 10.5. The lowest BCUT2D eigenvalue weighted by Crippen LogP contribution is -2.40. The van der Waals surface area contributed by atoms with Gasteiger partial charge < -0.3 is 15.4 Å². The van der Waals surface area contributed by atoms with Gasteiger partial charge in [-0.25, -0.2) is 0 Å². The Hall–Kier alpha value is -1.10. The molecule has 0 saturated carbocycles. The first kappa shape index (κ1) is 20.9. The molecule has 0 aliphatic rings. The fourth-order valence-corrected chi connectivity index (χ4v) is 2.14. The van der Waals surface area contributed by atoms with Crippen molar-refractivity contribution < 1.29 is 14.3 Å². The molecule has 0 aromatic heterocycles. The molecule has 2 N–H and O–H groups in total. The second-order valence-electron chi connectivity index (χ2n) is 5.54. The van der Waals surface area contributed by atoms with Crippen molar-refractivity contribution in [2.45, 2.75) is 71.6 Å². The van der Waals surface area contributed by atoms with E-state index in [0.29, 0.717) is 26.3 Å². The van der Waals surface area contributed by atoms with Crippen LogP contribution in [-0.4, -0.2) is 38.1 Å². The third-order valence-corrected chi connectivity index (χ3v) is 3.48. The zero-order valence-corrected chi connectivity index (χ0v) is 14.4. The molecule has 0 rings (SSSR count). The molecule has 0 bridgehead atoms. The fraction of sp³-hybridized carbons (Fsp3) is 0.882. The summed E-state index contributed by atoms with van der Waals surface area (Å²) >= 11 is 0. The molecule has 2 amide bonds. The lowest BCUT2D eigenvalue weighted by Gasteiger charge is -2.06. The number of rotatable bonds is 14. The van der Waals surface area contributed by atoms with Gasteiger partial charge in [-0.1, -0.05) is 51.9 Å². The quantitative estimate of drug-likeness (QED) is 0.383. The summed E-state index contributed by atoms with van der Waals surface area (Å²) in [6, 6.07) is 0. The van der Waals surface area contributed by atoms with Crippen molar-refractivity contribution in [1.82, 2.24) is 10.6 Å². The van der Waals surface area contributed by atoms with Crippen LogP contribution in [0.5, 0.6) is 0 Å². The molecule has 22 heavy (non-hydrogen) atoms. The number of unbranched alkanes of at least 4 members (excludes halogenated alkanes) is 7. The minimum atomic E-state index is -0.545. The molecule has 0 spiro atoms. The summed E-state index contributed by atoms with van der Waals surface area (Å²) in [6.07, 6.45) is 10.5. The minimum Gasteiger partial charge on any atom is -0.382 e. The maximum Gasteiger partial charge on any atom is 0.309 e. The summed E-state index contributed by atoms with van der Waals surface area (Å²) in [4.78, 5) is 23.0. The van der Waals surface area contributed by atoms with Gasteiger partial charge in [-0.05, 0) is 19.8 Å². The highest BCUT2D eigenvalue weighted by atomic mass is 16.5. The smallest absolute Gasteiger partial charge is 0.309 e. The maximum atomic E-state index is 11.5. The molecule has 0 atom stereocenters. The van der Waals surface area contributed by atoms with Crippen molar-refractivity contribution in [1.29, 1.82) is 0 Å². The Balaban J connectivity index is 3.35. The van der Waals surface area contributed by atoms with Crippen molar-refractivity contribution in [2.24, 2.45) is 0 Å². The van der Waals surface area contributed by atoms with Crippen LogP contribution < -0.4 is 10.6 Å². The van der Waals surface area contributed by atoms with Crippen molar-refractivity contribution in [3.05, 3.63) is 0 Å². The fourth-order valence-electron chi connectivity index (χ4n) is 2.14. The average molecular weight is 314 g/mol. The van der Waals surface area contributed by atoms with Gasteiger partial charge >= 0.3 is 11.8 Å². The van der Waals surface area contributed by atoms with Crippen LogP contribution in [0.3, 0.4) is 0 Å². The zero-order valence-electron chi connectivity index (χ0n) is 14.4. The van der Waals surface area contributed by atoms with Crippen LogP contribution in [0, 0.1) is 0 Å². The summed E-state index contributed by atoms with van der Waals surface area (Å²) < 4.78 is 5.16. The zero-order chi connectivity index (χ0) is 16.5. The first-order chi connectivity index (χ1) is 10.7. The molecule has 0 radical (unpaired) electrons. The number of carbonyl (C=O) groups is 2. The van der Waals surface area contributed by atoms with E-state index in [9.17, 15) is 9.59 Å². The largest absolute Gasteiger partial charge is 0.382 e. The molecular weight excluding hydrogens is 280 g/mol. The Morgan fingerprint density at radius 1 is 0.727 bits per heavy atom. The highest BCUT2D eigenvalue weighted by molar-refractivity contribution is 6.35. The molecule has 0 unspecified atom stereocenters. The molecule has 0 aromatic rings. The molecule has 130 valence electrons. The predicted molar refractivity (Wildman–Crippen MR) is 89.7 cm³/mol. The van der Waals surface area contributed by atoms with E-state index in [4.69, 9.17) is 4.74 Å². The lowest BCUT2D eigenvalue weighted by atomic mass is 10.1. The van der Waals surface area contributed by atoms with E-state index in [2.05, 4.69) is 17.6 Å². The lowest BCUT2D eigenvalue weighted by molar-refractivity contribution is -0.139. The van der Waals surface area contributed by atoms with Crippen LogP contribution in [-0.2, 0) is 14.3 Å². The summed E-state index contributed by atoms with van der Waals surface area (Å²) in [5, 5.41) is 5.25. The van der Waals surface area contributed by atoms with Gasteiger partial charge in [-0.2, -0.15) is 0 Å². The van der Waals surface area contributed by atoms with Gasteiger partial charge in [0.15, 0.2) is 0 Å². The van der Waals surface area contributed by atoms with E-state index in [1.54, 1.807) is 0 Å². The van der Waals surface area contributed by atoms with Gasteiger partial charge in [0, 0.05) is 26.3 Å². The Morgan fingerprint density at radius 3 is 1.77 bits per heavy atom. The summed E-state index contributed by atoms with van der Waals surface area (Å²) in [7, 11) is 0. The molecule has 0 aliphatic carbocycles. The number of hydrogen-bond acceptors (Lipinski definition) is 3. The van der Waals surface area contributed by atoms with Crippen molar-refractivity contribution in [3.8, 4) is 0 Å². The molecular formula is C17H34N2O3. The SMILES string of the molecule is CCCCCCCCCCNC(=O)C(=O)NCCCOCC. The monoisotopic (exact) mass is 314 g/mol. The first-order valence-corrected chi connectivity index (χ1v) is 8.86. The van der Waals surface area contributed by atoms with Crippen LogP contribution >= 0.6 is 0 Å². The van der Waals surface area contributed by atoms with E-state index in [0.717, 1.165) is 19.3 Å². The number of amides is 2. The Morgan fingerprint density at radius 2 is 1.23 bits per heavy atom. The highest BCUT2D eigenvalue weighted by Crippen LogP contribution is 2.07. The molecule has 0 fully saturated rings. The first-order valence-electron chi connectivity index (χ1n) is 8.86. The molecule has 5 heteroatoms. The third-order valence-electron chi connectivity index (χ3n) is 3.48. The van der Waals surface area contributed by atoms with E-state index in [1.165, 1.54) is 38.5 Å². The van der Waals surface area contributed by atoms with E-state index < -0.39 is 11.8 Å². The van der Waals surface area contributed by atoms with E-state index in [1.807, 2.05) is 6.92 Å². The van der Waals surface area contributed by atoms with Gasteiger partial charge in [-0.15, -0.1) is 0 Å². The van der Waals surface area contributed by atoms with Gasteiger partial charge in [0.25, 0.3) is 0 Å². The molecule has 0 heterocycles. The topological polar surface area (TPSA) is 67.4 Å². The average Bonchev–Trinajstić information content (AvgIpc) is 2.52. The van der Waals surface area contributed by atoms with Crippen LogP contribution in [0.2, 0.25) is 0 Å². The summed E-state index contributed by atoms with van der Waals surface area (Å²) in [5.74, 6) is -1.07. The van der Waals surface area contributed by atoms with Gasteiger partial charge in [0.2, 0.25) is 0 Å². The Kier molecular flexibility index (Phi) is 15.5. The van der Waals surface area contributed by atoms with Gasteiger partial charge in [-0.3, -0.25) is 9.59 Å². The minimum absolute atomic E-state index is 0.476. The van der Waals surface area contributed by atoms with Crippen LogP contribution in [0.25, 0.3) is 0 Å². The summed E-state index contributed by atoms with van der Waals surface area (Å²) in [5.41, 5.74) is 0. The molecule has 0 aliphatic heterocycles. The standard InChI is InChI=1S/C17H34N2O3/c1-3-5-6-7-8-9-10-11-13-18-16(20)17(21)19-14-12-15-22-4-2/h3-15H2,1-2H3,(H,18,20)(H,19,21). The van der Waals surface area contributed by atoms with Crippen molar-refractivity contribution in [3.63, 3.8) is 0 Å². The van der Waals surface area contributed by atoms with Crippen LogP contribution in [0.1, 0.15) is 71.6 Å².